The fourth-order valence-corrected chi connectivity index (χ4v) is 4.14. The molecule has 2 heterocycles. The van der Waals surface area contributed by atoms with E-state index >= 15 is 0 Å². The molecule has 0 saturated heterocycles. The van der Waals surface area contributed by atoms with E-state index in [1.54, 1.807) is 42.7 Å². The summed E-state index contributed by atoms with van der Waals surface area (Å²) in [4.78, 5) is 13.1. The van der Waals surface area contributed by atoms with Crippen LogP contribution in [0.1, 0.15) is 23.6 Å². The fraction of sp³-hybridized carbons (Fsp3) is 0.160. The quantitative estimate of drug-likeness (QED) is 0.406. The van der Waals surface area contributed by atoms with Gasteiger partial charge in [0.2, 0.25) is 5.82 Å². The van der Waals surface area contributed by atoms with Crippen LogP contribution in [0.25, 0.3) is 11.3 Å². The first kappa shape index (κ1) is 22.4. The Morgan fingerprint density at radius 2 is 1.70 bits per heavy atom. The van der Waals surface area contributed by atoms with E-state index in [9.17, 15) is 8.42 Å². The van der Waals surface area contributed by atoms with Crippen LogP contribution >= 0.6 is 0 Å². The molecule has 0 fully saturated rings. The zero-order chi connectivity index (χ0) is 23.3. The lowest BCUT2D eigenvalue weighted by Gasteiger charge is -2.13. The van der Waals surface area contributed by atoms with Gasteiger partial charge in [-0.15, -0.1) is 0 Å². The molecule has 0 bridgehead atoms. The number of rotatable bonds is 8. The predicted molar refractivity (Wildman–Crippen MR) is 127 cm³/mol. The molecular formula is C25H24N4O3S. The maximum Gasteiger partial charge on any atom is 0.263 e. The van der Waals surface area contributed by atoms with Crippen molar-refractivity contribution in [3.8, 4) is 17.1 Å². The Morgan fingerprint density at radius 3 is 2.36 bits per heavy atom. The van der Waals surface area contributed by atoms with Crippen LogP contribution in [0.15, 0.2) is 84.1 Å². The van der Waals surface area contributed by atoms with Crippen molar-refractivity contribution in [2.24, 2.45) is 0 Å². The Hall–Kier alpha value is -3.78. The average Bonchev–Trinajstić information content (AvgIpc) is 2.84. The summed E-state index contributed by atoms with van der Waals surface area (Å²) in [5.74, 6) is 0.111. The molecule has 33 heavy (non-hydrogen) atoms. The largest absolute Gasteiger partial charge is 0.470 e. The third kappa shape index (κ3) is 5.53. The molecule has 2 aromatic heterocycles. The van der Waals surface area contributed by atoms with Gasteiger partial charge in [-0.2, -0.15) is 0 Å². The Morgan fingerprint density at radius 1 is 0.939 bits per heavy atom. The SMILES string of the molecule is CCc1ccc(-c2cnc(NS(=O)(=O)c3ccc(C)cc3)c(OCc3cccnc3)n2)cc1. The van der Waals surface area contributed by atoms with E-state index in [1.165, 1.54) is 11.8 Å². The number of pyridine rings is 1. The monoisotopic (exact) mass is 460 g/mol. The van der Waals surface area contributed by atoms with Gasteiger partial charge in [0.25, 0.3) is 15.9 Å². The highest BCUT2D eigenvalue weighted by molar-refractivity contribution is 7.92. The number of hydrogen-bond acceptors (Lipinski definition) is 6. The third-order valence-electron chi connectivity index (χ3n) is 5.06. The minimum atomic E-state index is -3.87. The van der Waals surface area contributed by atoms with E-state index in [4.69, 9.17) is 4.74 Å². The van der Waals surface area contributed by atoms with Gasteiger partial charge in [0.1, 0.15) is 6.61 Å². The molecule has 0 aliphatic carbocycles. The van der Waals surface area contributed by atoms with Crippen molar-refractivity contribution in [3.63, 3.8) is 0 Å². The number of sulfonamides is 1. The van der Waals surface area contributed by atoms with E-state index < -0.39 is 10.0 Å². The molecule has 4 rings (SSSR count). The van der Waals surface area contributed by atoms with Gasteiger partial charge in [-0.3, -0.25) is 9.71 Å². The topological polar surface area (TPSA) is 94.1 Å². The molecule has 4 aromatic rings. The number of nitrogens with one attached hydrogen (secondary N) is 1. The van der Waals surface area contributed by atoms with Gasteiger partial charge < -0.3 is 4.74 Å². The minimum absolute atomic E-state index is 0.0217. The van der Waals surface area contributed by atoms with E-state index in [1.807, 2.05) is 37.3 Å². The summed E-state index contributed by atoms with van der Waals surface area (Å²) in [6.45, 7) is 4.15. The molecular weight excluding hydrogens is 436 g/mol. The zero-order valence-electron chi connectivity index (χ0n) is 18.4. The van der Waals surface area contributed by atoms with Crippen molar-refractivity contribution in [1.82, 2.24) is 15.0 Å². The van der Waals surface area contributed by atoms with Crippen LogP contribution in [-0.2, 0) is 23.1 Å². The Bertz CT molecular complexity index is 1320. The van der Waals surface area contributed by atoms with Crippen molar-refractivity contribution in [2.75, 3.05) is 4.72 Å². The zero-order valence-corrected chi connectivity index (χ0v) is 19.2. The summed E-state index contributed by atoms with van der Waals surface area (Å²) in [5.41, 5.74) is 4.44. The summed E-state index contributed by atoms with van der Waals surface area (Å²) < 4.78 is 34.2. The summed E-state index contributed by atoms with van der Waals surface area (Å²) in [5, 5.41) is 0. The Kier molecular flexibility index (Phi) is 6.65. The normalized spacial score (nSPS) is 11.2. The molecule has 0 aliphatic rings. The van der Waals surface area contributed by atoms with E-state index in [2.05, 4.69) is 26.6 Å². The number of aromatic nitrogens is 3. The maximum absolute atomic E-state index is 12.9. The molecule has 8 heteroatoms. The van der Waals surface area contributed by atoms with Crippen LogP contribution in [0.2, 0.25) is 0 Å². The molecule has 7 nitrogen and oxygen atoms in total. The lowest BCUT2D eigenvalue weighted by atomic mass is 10.1. The van der Waals surface area contributed by atoms with Gasteiger partial charge >= 0.3 is 0 Å². The van der Waals surface area contributed by atoms with Crippen LogP contribution in [0.5, 0.6) is 5.88 Å². The lowest BCUT2D eigenvalue weighted by molar-refractivity contribution is 0.294. The smallest absolute Gasteiger partial charge is 0.263 e. The summed E-state index contributed by atoms with van der Waals surface area (Å²) in [6.07, 6.45) is 5.82. The Balaban J connectivity index is 1.67. The highest BCUT2D eigenvalue weighted by atomic mass is 32.2. The van der Waals surface area contributed by atoms with Gasteiger partial charge in [-0.1, -0.05) is 55.0 Å². The van der Waals surface area contributed by atoms with Crippen molar-refractivity contribution in [3.05, 3.63) is 95.9 Å². The third-order valence-corrected chi connectivity index (χ3v) is 6.41. The molecule has 1 N–H and O–H groups in total. The van der Waals surface area contributed by atoms with Gasteiger partial charge in [0.15, 0.2) is 0 Å². The van der Waals surface area contributed by atoms with Gasteiger partial charge in [0.05, 0.1) is 16.8 Å². The summed E-state index contributed by atoms with van der Waals surface area (Å²) >= 11 is 0. The number of ether oxygens (including phenoxy) is 1. The highest BCUT2D eigenvalue weighted by Gasteiger charge is 2.19. The standard InChI is InChI=1S/C25H24N4O3S/c1-3-19-8-10-21(11-9-19)23-16-27-24(25(28-23)32-17-20-5-4-14-26-15-20)29-33(30,31)22-12-6-18(2)7-13-22/h4-16H,3,17H2,1-2H3,(H,27,29). The van der Waals surface area contributed by atoms with Crippen molar-refractivity contribution in [2.45, 2.75) is 31.8 Å². The second kappa shape index (κ2) is 9.79. The predicted octanol–water partition coefficient (Wildman–Crippen LogP) is 4.79. The van der Waals surface area contributed by atoms with Crippen LogP contribution in [0, 0.1) is 6.92 Å². The minimum Gasteiger partial charge on any atom is -0.470 e. The van der Waals surface area contributed by atoms with E-state index in [0.717, 1.165) is 23.1 Å². The maximum atomic E-state index is 12.9. The average molecular weight is 461 g/mol. The number of aryl methyl sites for hydroxylation is 2. The number of benzene rings is 2. The van der Waals surface area contributed by atoms with E-state index in [-0.39, 0.29) is 23.2 Å². The molecule has 2 aromatic carbocycles. The first-order chi connectivity index (χ1) is 15.9. The number of nitrogens with zero attached hydrogens (tertiary/aromatic N) is 3. The van der Waals surface area contributed by atoms with Crippen molar-refractivity contribution < 1.29 is 13.2 Å². The van der Waals surface area contributed by atoms with Crippen molar-refractivity contribution in [1.29, 1.82) is 0 Å². The van der Waals surface area contributed by atoms with Crippen molar-refractivity contribution >= 4 is 15.8 Å². The highest BCUT2D eigenvalue weighted by Crippen LogP contribution is 2.28. The molecule has 0 amide bonds. The second-order valence-electron chi connectivity index (χ2n) is 7.53. The molecule has 0 saturated carbocycles. The second-order valence-corrected chi connectivity index (χ2v) is 9.21. The van der Waals surface area contributed by atoms with Crippen LogP contribution in [0.3, 0.4) is 0 Å². The number of anilines is 1. The van der Waals surface area contributed by atoms with Crippen LogP contribution < -0.4 is 9.46 Å². The first-order valence-corrected chi connectivity index (χ1v) is 12.0. The van der Waals surface area contributed by atoms with Gasteiger partial charge in [-0.25, -0.2) is 18.4 Å². The summed E-state index contributed by atoms with van der Waals surface area (Å²) in [6, 6.07) is 18.2. The van der Waals surface area contributed by atoms with Crippen LogP contribution in [0.4, 0.5) is 5.82 Å². The molecule has 0 spiro atoms. The fourth-order valence-electron chi connectivity index (χ4n) is 3.13. The van der Waals surface area contributed by atoms with Gasteiger partial charge in [-0.05, 0) is 37.1 Å². The number of hydrogen-bond donors (Lipinski definition) is 1. The summed E-state index contributed by atoms with van der Waals surface area (Å²) in [7, 11) is -3.87. The molecule has 0 radical (unpaired) electrons. The Labute approximate surface area is 193 Å². The molecule has 0 atom stereocenters. The lowest BCUT2D eigenvalue weighted by Crippen LogP contribution is -2.15. The first-order valence-electron chi connectivity index (χ1n) is 10.5. The molecule has 168 valence electrons. The molecule has 0 unspecified atom stereocenters. The van der Waals surface area contributed by atoms with E-state index in [0.29, 0.717) is 5.69 Å². The van der Waals surface area contributed by atoms with Crippen LogP contribution in [-0.4, -0.2) is 23.4 Å². The molecule has 0 aliphatic heterocycles. The van der Waals surface area contributed by atoms with Gasteiger partial charge in [0, 0.05) is 23.5 Å².